The molecule has 0 bridgehead atoms. The Hall–Kier alpha value is -1.88. The summed E-state index contributed by atoms with van der Waals surface area (Å²) in [6.07, 6.45) is 0. The van der Waals surface area contributed by atoms with Gasteiger partial charge in [0.15, 0.2) is 5.58 Å². The fourth-order valence-electron chi connectivity index (χ4n) is 1.74. The second kappa shape index (κ2) is 3.94. The van der Waals surface area contributed by atoms with Crippen LogP contribution in [0.15, 0.2) is 22.7 Å². The van der Waals surface area contributed by atoms with Crippen LogP contribution in [0.4, 0.5) is 0 Å². The summed E-state index contributed by atoms with van der Waals surface area (Å²) in [6, 6.07) is 5.34. The Balaban J connectivity index is 2.63. The zero-order chi connectivity index (χ0) is 11.7. The maximum absolute atomic E-state index is 11.0. The van der Waals surface area contributed by atoms with E-state index in [-0.39, 0.29) is 6.54 Å². The lowest BCUT2D eigenvalue weighted by atomic mass is 9.97. The van der Waals surface area contributed by atoms with Crippen molar-refractivity contribution in [2.75, 3.05) is 6.54 Å². The van der Waals surface area contributed by atoms with Crippen LogP contribution in [-0.4, -0.2) is 22.8 Å². The molecule has 0 saturated heterocycles. The highest BCUT2D eigenvalue weighted by molar-refractivity contribution is 5.88. The molecule has 0 spiro atoms. The van der Waals surface area contributed by atoms with Crippen LogP contribution < -0.4 is 5.73 Å². The normalized spacial score (nSPS) is 12.9. The standard InChI is InChI=1S/C11H12N2O3/c1-6-7-3-2-4-8(10(7)16-13-6)9(5-12)11(14)15/h2-4,9H,5,12H2,1H3,(H,14,15). The summed E-state index contributed by atoms with van der Waals surface area (Å²) in [4.78, 5) is 11.0. The topological polar surface area (TPSA) is 89.4 Å². The summed E-state index contributed by atoms with van der Waals surface area (Å²) >= 11 is 0. The summed E-state index contributed by atoms with van der Waals surface area (Å²) in [5.74, 6) is -1.71. The van der Waals surface area contributed by atoms with Gasteiger partial charge in [-0.3, -0.25) is 4.79 Å². The molecule has 0 saturated carbocycles. The number of fused-ring (bicyclic) bond motifs is 1. The number of carboxylic acid groups (broad SMARTS) is 1. The van der Waals surface area contributed by atoms with Gasteiger partial charge < -0.3 is 15.4 Å². The lowest BCUT2D eigenvalue weighted by Crippen LogP contribution is -2.21. The van der Waals surface area contributed by atoms with Crippen molar-refractivity contribution in [2.24, 2.45) is 5.73 Å². The quantitative estimate of drug-likeness (QED) is 0.812. The number of aromatic nitrogens is 1. The lowest BCUT2D eigenvalue weighted by Gasteiger charge is -2.09. The maximum Gasteiger partial charge on any atom is 0.312 e. The molecular formula is C11H12N2O3. The number of carbonyl (C=O) groups is 1. The zero-order valence-corrected chi connectivity index (χ0v) is 8.80. The molecule has 0 aliphatic rings. The van der Waals surface area contributed by atoms with Crippen LogP contribution in [-0.2, 0) is 4.79 Å². The Morgan fingerprint density at radius 3 is 3.00 bits per heavy atom. The van der Waals surface area contributed by atoms with Crippen molar-refractivity contribution in [3.8, 4) is 0 Å². The third-order valence-corrected chi connectivity index (χ3v) is 2.62. The molecule has 2 rings (SSSR count). The molecule has 0 aliphatic carbocycles. The van der Waals surface area contributed by atoms with Crippen LogP contribution >= 0.6 is 0 Å². The van der Waals surface area contributed by atoms with Crippen LogP contribution in [0, 0.1) is 6.92 Å². The van der Waals surface area contributed by atoms with E-state index in [2.05, 4.69) is 5.16 Å². The number of aryl methyl sites for hydroxylation is 1. The van der Waals surface area contributed by atoms with Crippen molar-refractivity contribution in [1.29, 1.82) is 0 Å². The zero-order valence-electron chi connectivity index (χ0n) is 8.80. The third-order valence-electron chi connectivity index (χ3n) is 2.62. The highest BCUT2D eigenvalue weighted by atomic mass is 16.5. The minimum absolute atomic E-state index is 0.0359. The summed E-state index contributed by atoms with van der Waals surface area (Å²) < 4.78 is 5.14. The highest BCUT2D eigenvalue weighted by Gasteiger charge is 2.22. The Morgan fingerprint density at radius 1 is 1.62 bits per heavy atom. The van der Waals surface area contributed by atoms with Crippen molar-refractivity contribution in [2.45, 2.75) is 12.8 Å². The Kier molecular flexibility index (Phi) is 2.62. The number of hydrogen-bond donors (Lipinski definition) is 2. The molecule has 0 fully saturated rings. The Labute approximate surface area is 91.8 Å². The molecule has 2 aromatic rings. The molecule has 1 aromatic carbocycles. The molecular weight excluding hydrogens is 208 g/mol. The van der Waals surface area contributed by atoms with Crippen molar-refractivity contribution in [1.82, 2.24) is 5.16 Å². The maximum atomic E-state index is 11.0. The average Bonchev–Trinajstić information content (AvgIpc) is 2.62. The number of nitrogens with zero attached hydrogens (tertiary/aromatic N) is 1. The number of para-hydroxylation sites is 1. The van der Waals surface area contributed by atoms with Gasteiger partial charge in [-0.05, 0) is 13.0 Å². The Bertz CT molecular complexity index is 533. The van der Waals surface area contributed by atoms with Crippen LogP contribution in [0.3, 0.4) is 0 Å². The van der Waals surface area contributed by atoms with Crippen LogP contribution in [0.25, 0.3) is 11.0 Å². The van der Waals surface area contributed by atoms with E-state index < -0.39 is 11.9 Å². The van der Waals surface area contributed by atoms with E-state index in [9.17, 15) is 4.79 Å². The molecule has 5 nitrogen and oxygen atoms in total. The first-order valence-electron chi connectivity index (χ1n) is 4.93. The third kappa shape index (κ3) is 1.55. The molecule has 0 radical (unpaired) electrons. The van der Waals surface area contributed by atoms with Gasteiger partial charge in [-0.25, -0.2) is 0 Å². The predicted octanol–water partition coefficient (Wildman–Crippen LogP) is 1.26. The molecule has 0 aliphatic heterocycles. The SMILES string of the molecule is Cc1noc2c(C(CN)C(=O)O)cccc12. The van der Waals surface area contributed by atoms with E-state index in [1.807, 2.05) is 13.0 Å². The van der Waals surface area contributed by atoms with Gasteiger partial charge in [-0.15, -0.1) is 0 Å². The molecule has 3 N–H and O–H groups in total. The fraction of sp³-hybridized carbons (Fsp3) is 0.273. The highest BCUT2D eigenvalue weighted by Crippen LogP contribution is 2.27. The minimum Gasteiger partial charge on any atom is -0.481 e. The largest absolute Gasteiger partial charge is 0.481 e. The minimum atomic E-state index is -0.955. The number of rotatable bonds is 3. The predicted molar refractivity (Wildman–Crippen MR) is 58.2 cm³/mol. The van der Waals surface area contributed by atoms with Crippen LogP contribution in [0.5, 0.6) is 0 Å². The van der Waals surface area contributed by atoms with Crippen molar-refractivity contribution < 1.29 is 14.4 Å². The monoisotopic (exact) mass is 220 g/mol. The van der Waals surface area contributed by atoms with E-state index in [1.54, 1.807) is 12.1 Å². The summed E-state index contributed by atoms with van der Waals surface area (Å²) in [6.45, 7) is 1.85. The lowest BCUT2D eigenvalue weighted by molar-refractivity contribution is -0.138. The number of aliphatic carboxylic acids is 1. The number of benzene rings is 1. The smallest absolute Gasteiger partial charge is 0.312 e. The average molecular weight is 220 g/mol. The van der Waals surface area contributed by atoms with Gasteiger partial charge in [0.2, 0.25) is 0 Å². The van der Waals surface area contributed by atoms with Gasteiger partial charge in [0.25, 0.3) is 0 Å². The van der Waals surface area contributed by atoms with Crippen LogP contribution in [0.1, 0.15) is 17.2 Å². The molecule has 0 amide bonds. The second-order valence-corrected chi connectivity index (χ2v) is 3.62. The number of carboxylic acids is 1. The molecule has 1 aromatic heterocycles. The van der Waals surface area contributed by atoms with Crippen LogP contribution in [0.2, 0.25) is 0 Å². The first kappa shape index (κ1) is 10.6. The van der Waals surface area contributed by atoms with Crippen molar-refractivity contribution >= 4 is 16.9 Å². The van der Waals surface area contributed by atoms with E-state index in [1.165, 1.54) is 0 Å². The van der Waals surface area contributed by atoms with E-state index in [0.29, 0.717) is 11.1 Å². The van der Waals surface area contributed by atoms with Crippen molar-refractivity contribution in [3.05, 3.63) is 29.5 Å². The van der Waals surface area contributed by atoms with E-state index in [4.69, 9.17) is 15.4 Å². The molecule has 84 valence electrons. The number of nitrogens with two attached hydrogens (primary N) is 1. The van der Waals surface area contributed by atoms with E-state index in [0.717, 1.165) is 11.1 Å². The van der Waals surface area contributed by atoms with Gasteiger partial charge in [0.05, 0.1) is 11.6 Å². The molecule has 1 unspecified atom stereocenters. The molecule has 1 heterocycles. The molecule has 1 atom stereocenters. The molecule has 5 heteroatoms. The van der Waals surface area contributed by atoms with Gasteiger partial charge >= 0.3 is 5.97 Å². The number of hydrogen-bond acceptors (Lipinski definition) is 4. The van der Waals surface area contributed by atoms with Crippen molar-refractivity contribution in [3.63, 3.8) is 0 Å². The van der Waals surface area contributed by atoms with E-state index >= 15 is 0 Å². The van der Waals surface area contributed by atoms with Gasteiger partial charge in [0.1, 0.15) is 0 Å². The molecule has 16 heavy (non-hydrogen) atoms. The first-order chi connectivity index (χ1) is 7.65. The first-order valence-corrected chi connectivity index (χ1v) is 4.93. The van der Waals surface area contributed by atoms with Gasteiger partial charge in [0, 0.05) is 17.5 Å². The summed E-state index contributed by atoms with van der Waals surface area (Å²) in [5.41, 5.74) is 7.30. The summed E-state index contributed by atoms with van der Waals surface area (Å²) in [5, 5.41) is 13.7. The second-order valence-electron chi connectivity index (χ2n) is 3.62. The Morgan fingerprint density at radius 2 is 2.38 bits per heavy atom. The van der Waals surface area contributed by atoms with Gasteiger partial charge in [-0.1, -0.05) is 17.3 Å². The summed E-state index contributed by atoms with van der Waals surface area (Å²) in [7, 11) is 0. The fourth-order valence-corrected chi connectivity index (χ4v) is 1.74. The van der Waals surface area contributed by atoms with Gasteiger partial charge in [-0.2, -0.15) is 0 Å².